The highest BCUT2D eigenvalue weighted by Gasteiger charge is 2.31. The molecule has 0 spiro atoms. The summed E-state index contributed by atoms with van der Waals surface area (Å²) in [6.07, 6.45) is 3.48. The van der Waals surface area contributed by atoms with Crippen LogP contribution in [0.4, 0.5) is 5.69 Å². The number of phenolic OH excluding ortho intramolecular Hbond substituents is 1. The molecule has 1 aromatic heterocycles. The van der Waals surface area contributed by atoms with Crippen LogP contribution in [0.3, 0.4) is 0 Å². The third-order valence-corrected chi connectivity index (χ3v) is 10.1. The molecule has 0 radical (unpaired) electrons. The van der Waals surface area contributed by atoms with Gasteiger partial charge in [0.05, 0.1) is 28.6 Å². The SMILES string of the molecule is COc1cc(-c2ccc3ncc(S(=O)(=O)C(C)C)c(N4CCC(C(C)N(C)C)CC4)c3c2)cc(Cl)c1O. The largest absolute Gasteiger partial charge is 0.503 e. The summed E-state index contributed by atoms with van der Waals surface area (Å²) in [5.74, 6) is 0.706. The van der Waals surface area contributed by atoms with Crippen molar-refractivity contribution < 1.29 is 18.3 Å². The zero-order valence-corrected chi connectivity index (χ0v) is 23.9. The Morgan fingerprint density at radius 2 is 1.78 bits per heavy atom. The van der Waals surface area contributed by atoms with Crippen molar-refractivity contribution in [3.63, 3.8) is 0 Å². The van der Waals surface area contributed by atoms with Gasteiger partial charge in [-0.3, -0.25) is 4.98 Å². The fraction of sp³-hybridized carbons (Fsp3) is 0.464. The molecule has 3 aromatic rings. The molecule has 0 aliphatic carbocycles. The Bertz CT molecular complexity index is 1400. The molecule has 4 rings (SSSR count). The lowest BCUT2D eigenvalue weighted by molar-refractivity contribution is 0.199. The lowest BCUT2D eigenvalue weighted by Gasteiger charge is -2.39. The molecule has 1 atom stereocenters. The number of aromatic hydroxyl groups is 1. The summed E-state index contributed by atoms with van der Waals surface area (Å²) in [6, 6.07) is 9.63. The molecule has 1 unspecified atom stereocenters. The van der Waals surface area contributed by atoms with E-state index in [1.807, 2.05) is 18.2 Å². The highest BCUT2D eigenvalue weighted by Crippen LogP contribution is 2.42. The molecule has 0 amide bonds. The number of hydrogen-bond donors (Lipinski definition) is 1. The van der Waals surface area contributed by atoms with Gasteiger partial charge < -0.3 is 19.6 Å². The predicted octanol–water partition coefficient (Wildman–Crippen LogP) is 5.62. The van der Waals surface area contributed by atoms with E-state index in [1.165, 1.54) is 13.3 Å². The molecule has 200 valence electrons. The van der Waals surface area contributed by atoms with Crippen molar-refractivity contribution in [3.8, 4) is 22.6 Å². The van der Waals surface area contributed by atoms with E-state index in [2.05, 4.69) is 35.8 Å². The fourth-order valence-electron chi connectivity index (χ4n) is 5.05. The first kappa shape index (κ1) is 27.5. The maximum atomic E-state index is 13.5. The topological polar surface area (TPSA) is 83.0 Å². The van der Waals surface area contributed by atoms with Gasteiger partial charge in [-0.2, -0.15) is 0 Å². The van der Waals surface area contributed by atoms with Crippen LogP contribution in [0, 0.1) is 5.92 Å². The maximum absolute atomic E-state index is 13.5. The third kappa shape index (κ3) is 5.24. The van der Waals surface area contributed by atoms with Crippen molar-refractivity contribution in [2.45, 2.75) is 49.8 Å². The molecular formula is C28H36ClN3O4S. The normalized spacial score (nSPS) is 16.1. The molecule has 1 saturated heterocycles. The van der Waals surface area contributed by atoms with Gasteiger partial charge in [0.2, 0.25) is 0 Å². The van der Waals surface area contributed by atoms with E-state index < -0.39 is 15.1 Å². The Hall–Kier alpha value is -2.55. The summed E-state index contributed by atoms with van der Waals surface area (Å²) in [7, 11) is 2.10. The van der Waals surface area contributed by atoms with Crippen LogP contribution < -0.4 is 9.64 Å². The minimum Gasteiger partial charge on any atom is -0.503 e. The van der Waals surface area contributed by atoms with Gasteiger partial charge >= 0.3 is 0 Å². The van der Waals surface area contributed by atoms with E-state index in [0.29, 0.717) is 17.6 Å². The number of methoxy groups -OCH3 is 1. The average Bonchev–Trinajstić information content (AvgIpc) is 2.88. The summed E-state index contributed by atoms with van der Waals surface area (Å²) in [5.41, 5.74) is 3.02. The fourth-order valence-corrected chi connectivity index (χ4v) is 6.48. The first-order valence-corrected chi connectivity index (χ1v) is 14.5. The quantitative estimate of drug-likeness (QED) is 0.412. The van der Waals surface area contributed by atoms with Crippen molar-refractivity contribution in [2.24, 2.45) is 5.92 Å². The molecule has 1 fully saturated rings. The molecule has 2 aromatic carbocycles. The van der Waals surface area contributed by atoms with Crippen LogP contribution in [0.25, 0.3) is 22.0 Å². The average molecular weight is 546 g/mol. The van der Waals surface area contributed by atoms with Crippen LogP contribution in [-0.4, -0.2) is 69.0 Å². The van der Waals surface area contributed by atoms with E-state index in [4.69, 9.17) is 16.3 Å². The lowest BCUT2D eigenvalue weighted by Crippen LogP contribution is -2.42. The number of hydrogen-bond acceptors (Lipinski definition) is 7. The Labute approximate surface area is 224 Å². The van der Waals surface area contributed by atoms with Crippen molar-refractivity contribution in [1.82, 2.24) is 9.88 Å². The molecule has 0 bridgehead atoms. The van der Waals surface area contributed by atoms with Gasteiger partial charge in [0.15, 0.2) is 21.3 Å². The second-order valence-electron chi connectivity index (χ2n) is 10.3. The smallest absolute Gasteiger partial charge is 0.184 e. The summed E-state index contributed by atoms with van der Waals surface area (Å²) in [5, 5.41) is 10.6. The zero-order valence-electron chi connectivity index (χ0n) is 22.3. The number of fused-ring (bicyclic) bond motifs is 1. The number of nitrogens with zero attached hydrogens (tertiary/aromatic N) is 3. The Morgan fingerprint density at radius 1 is 1.11 bits per heavy atom. The van der Waals surface area contributed by atoms with Crippen LogP contribution >= 0.6 is 11.6 Å². The molecule has 2 heterocycles. The van der Waals surface area contributed by atoms with E-state index in [0.717, 1.165) is 48.0 Å². The second kappa shape index (κ2) is 10.7. The minimum atomic E-state index is -3.58. The molecule has 37 heavy (non-hydrogen) atoms. The maximum Gasteiger partial charge on any atom is 0.184 e. The van der Waals surface area contributed by atoms with E-state index in [1.54, 1.807) is 26.0 Å². The summed E-state index contributed by atoms with van der Waals surface area (Å²) >= 11 is 6.27. The number of sulfone groups is 1. The monoisotopic (exact) mass is 545 g/mol. The van der Waals surface area contributed by atoms with Gasteiger partial charge in [-0.25, -0.2) is 8.42 Å². The van der Waals surface area contributed by atoms with Crippen LogP contribution in [0.2, 0.25) is 5.02 Å². The number of halogens is 1. The number of pyridine rings is 1. The first-order chi connectivity index (χ1) is 17.4. The van der Waals surface area contributed by atoms with Gasteiger partial charge in [-0.15, -0.1) is 0 Å². The molecule has 1 aliphatic heterocycles. The van der Waals surface area contributed by atoms with Gasteiger partial charge in [0.1, 0.15) is 4.90 Å². The van der Waals surface area contributed by atoms with Crippen LogP contribution in [0.1, 0.15) is 33.6 Å². The summed E-state index contributed by atoms with van der Waals surface area (Å²) < 4.78 is 32.3. The summed E-state index contributed by atoms with van der Waals surface area (Å²) in [4.78, 5) is 9.28. The van der Waals surface area contributed by atoms with Crippen LogP contribution in [0.5, 0.6) is 11.5 Å². The number of phenols is 1. The molecule has 9 heteroatoms. The molecular weight excluding hydrogens is 510 g/mol. The van der Waals surface area contributed by atoms with E-state index >= 15 is 0 Å². The van der Waals surface area contributed by atoms with Crippen molar-refractivity contribution in [2.75, 3.05) is 39.2 Å². The van der Waals surface area contributed by atoms with E-state index in [9.17, 15) is 13.5 Å². The molecule has 1 N–H and O–H groups in total. The Kier molecular flexibility index (Phi) is 7.93. The number of benzene rings is 2. The minimum absolute atomic E-state index is 0.115. The lowest BCUT2D eigenvalue weighted by atomic mass is 9.89. The number of aromatic nitrogens is 1. The van der Waals surface area contributed by atoms with Gasteiger partial charge in [-0.1, -0.05) is 17.7 Å². The summed E-state index contributed by atoms with van der Waals surface area (Å²) in [6.45, 7) is 7.20. The van der Waals surface area contributed by atoms with Gasteiger partial charge in [0.25, 0.3) is 0 Å². The molecule has 0 saturated carbocycles. The number of rotatable bonds is 7. The van der Waals surface area contributed by atoms with Gasteiger partial charge in [0, 0.05) is 30.7 Å². The zero-order chi connectivity index (χ0) is 27.1. The number of ether oxygens (including phenoxy) is 1. The van der Waals surface area contributed by atoms with Crippen molar-refractivity contribution >= 4 is 38.0 Å². The number of anilines is 1. The Morgan fingerprint density at radius 3 is 2.38 bits per heavy atom. The van der Waals surface area contributed by atoms with Crippen molar-refractivity contribution in [1.29, 1.82) is 0 Å². The highest BCUT2D eigenvalue weighted by molar-refractivity contribution is 7.92. The second-order valence-corrected chi connectivity index (χ2v) is 13.2. The van der Waals surface area contributed by atoms with Crippen molar-refractivity contribution in [3.05, 3.63) is 41.6 Å². The predicted molar refractivity (Wildman–Crippen MR) is 151 cm³/mol. The van der Waals surface area contributed by atoms with Gasteiger partial charge in [-0.05, 0) is 89.0 Å². The van der Waals surface area contributed by atoms with Crippen LogP contribution in [0.15, 0.2) is 41.4 Å². The Balaban J connectivity index is 1.88. The molecule has 1 aliphatic rings. The number of piperidine rings is 1. The van der Waals surface area contributed by atoms with E-state index in [-0.39, 0.29) is 21.4 Å². The standard InChI is InChI=1S/C28H36ClN3O4S/c1-17(2)37(34,35)26-16-30-24-8-7-20(21-14-23(29)28(33)25(15-21)36-6)13-22(24)27(26)32-11-9-19(10-12-32)18(3)31(4)5/h7-8,13-19,33H,9-12H2,1-6H3. The van der Waals surface area contributed by atoms with Crippen LogP contribution in [-0.2, 0) is 9.84 Å². The third-order valence-electron chi connectivity index (χ3n) is 7.67. The molecule has 7 nitrogen and oxygen atoms in total. The first-order valence-electron chi connectivity index (χ1n) is 12.6. The highest BCUT2D eigenvalue weighted by atomic mass is 35.5.